The van der Waals surface area contributed by atoms with Gasteiger partial charge >= 0.3 is 0 Å². The Morgan fingerprint density at radius 2 is 2.11 bits per heavy atom. The first-order valence-corrected chi connectivity index (χ1v) is 6.87. The molecule has 1 aliphatic rings. The van der Waals surface area contributed by atoms with Crippen molar-refractivity contribution in [2.75, 3.05) is 13.2 Å². The van der Waals surface area contributed by atoms with Crippen LogP contribution in [0.15, 0.2) is 29.0 Å². The van der Waals surface area contributed by atoms with Crippen LogP contribution >= 0.6 is 15.9 Å². The van der Waals surface area contributed by atoms with Crippen molar-refractivity contribution in [2.24, 2.45) is 0 Å². The number of benzene rings is 1. The Bertz CT molecular complexity index is 521. The van der Waals surface area contributed by atoms with E-state index in [1.165, 1.54) is 5.56 Å². The van der Waals surface area contributed by atoms with Gasteiger partial charge in [0.05, 0.1) is 0 Å². The standard InChI is InChI=1S/C13H14BrN3O/c14-10-1-2-11(9-3-5-18-6-4-9)12(7-10)13-15-8-16-17-13/h1-2,7-9H,3-6H2,(H,15,16,17). The van der Waals surface area contributed by atoms with Crippen LogP contribution in [0.2, 0.25) is 0 Å². The second kappa shape index (κ2) is 5.20. The summed E-state index contributed by atoms with van der Waals surface area (Å²) >= 11 is 3.52. The Morgan fingerprint density at radius 1 is 1.28 bits per heavy atom. The summed E-state index contributed by atoms with van der Waals surface area (Å²) in [7, 11) is 0. The fraction of sp³-hybridized carbons (Fsp3) is 0.385. The van der Waals surface area contributed by atoms with Crippen molar-refractivity contribution >= 4 is 15.9 Å². The number of nitrogens with zero attached hydrogens (tertiary/aromatic N) is 2. The minimum Gasteiger partial charge on any atom is -0.381 e. The summed E-state index contributed by atoms with van der Waals surface area (Å²) in [5, 5.41) is 6.89. The van der Waals surface area contributed by atoms with Gasteiger partial charge in [-0.2, -0.15) is 5.10 Å². The molecule has 0 unspecified atom stereocenters. The molecule has 0 bridgehead atoms. The molecule has 0 amide bonds. The lowest BCUT2D eigenvalue weighted by molar-refractivity contribution is 0.0854. The second-order valence-electron chi connectivity index (χ2n) is 4.45. The van der Waals surface area contributed by atoms with E-state index in [1.54, 1.807) is 6.33 Å². The van der Waals surface area contributed by atoms with E-state index in [0.29, 0.717) is 5.92 Å². The quantitative estimate of drug-likeness (QED) is 0.927. The Kier molecular flexibility index (Phi) is 3.43. The molecule has 0 saturated carbocycles. The van der Waals surface area contributed by atoms with Crippen molar-refractivity contribution in [1.82, 2.24) is 15.2 Å². The molecular formula is C13H14BrN3O. The van der Waals surface area contributed by atoms with E-state index in [0.717, 1.165) is 41.9 Å². The van der Waals surface area contributed by atoms with Crippen LogP contribution in [-0.2, 0) is 4.74 Å². The smallest absolute Gasteiger partial charge is 0.155 e. The highest BCUT2D eigenvalue weighted by molar-refractivity contribution is 9.10. The highest BCUT2D eigenvalue weighted by Crippen LogP contribution is 2.34. The zero-order chi connectivity index (χ0) is 12.4. The lowest BCUT2D eigenvalue weighted by Gasteiger charge is -2.24. The monoisotopic (exact) mass is 307 g/mol. The normalized spacial score (nSPS) is 16.9. The van der Waals surface area contributed by atoms with Crippen LogP contribution in [0, 0.1) is 0 Å². The molecule has 4 nitrogen and oxygen atoms in total. The van der Waals surface area contributed by atoms with Gasteiger partial charge in [-0.15, -0.1) is 0 Å². The van der Waals surface area contributed by atoms with Gasteiger partial charge in [0.1, 0.15) is 6.33 Å². The fourth-order valence-electron chi connectivity index (χ4n) is 2.43. The Labute approximate surface area is 114 Å². The molecule has 1 N–H and O–H groups in total. The molecule has 0 spiro atoms. The van der Waals surface area contributed by atoms with Crippen molar-refractivity contribution in [3.63, 3.8) is 0 Å². The molecule has 18 heavy (non-hydrogen) atoms. The number of hydrogen-bond donors (Lipinski definition) is 1. The number of aromatic amines is 1. The minimum atomic E-state index is 0.548. The zero-order valence-electron chi connectivity index (χ0n) is 9.90. The maximum atomic E-state index is 5.43. The molecule has 2 aromatic rings. The molecule has 1 saturated heterocycles. The van der Waals surface area contributed by atoms with Gasteiger partial charge in [-0.25, -0.2) is 4.98 Å². The molecule has 0 aliphatic carbocycles. The first kappa shape index (κ1) is 11.9. The number of aromatic nitrogens is 3. The number of halogens is 1. The van der Waals surface area contributed by atoms with E-state index < -0.39 is 0 Å². The van der Waals surface area contributed by atoms with E-state index in [1.807, 2.05) is 0 Å². The molecule has 1 aromatic heterocycles. The van der Waals surface area contributed by atoms with Crippen molar-refractivity contribution in [3.05, 3.63) is 34.6 Å². The van der Waals surface area contributed by atoms with Crippen LogP contribution in [-0.4, -0.2) is 28.4 Å². The molecule has 3 rings (SSSR count). The van der Waals surface area contributed by atoms with Gasteiger partial charge in [0.15, 0.2) is 5.82 Å². The predicted molar refractivity (Wildman–Crippen MR) is 72.3 cm³/mol. The molecule has 1 aromatic carbocycles. The Balaban J connectivity index is 2.02. The number of nitrogens with one attached hydrogen (secondary N) is 1. The average Bonchev–Trinajstić information content (AvgIpc) is 2.93. The van der Waals surface area contributed by atoms with Gasteiger partial charge in [-0.1, -0.05) is 22.0 Å². The second-order valence-corrected chi connectivity index (χ2v) is 5.37. The molecular weight excluding hydrogens is 294 g/mol. The average molecular weight is 308 g/mol. The van der Waals surface area contributed by atoms with Crippen molar-refractivity contribution in [2.45, 2.75) is 18.8 Å². The van der Waals surface area contributed by atoms with Crippen molar-refractivity contribution in [1.29, 1.82) is 0 Å². The van der Waals surface area contributed by atoms with Crippen LogP contribution < -0.4 is 0 Å². The summed E-state index contributed by atoms with van der Waals surface area (Å²) < 4.78 is 6.49. The van der Waals surface area contributed by atoms with Crippen molar-refractivity contribution < 1.29 is 4.74 Å². The molecule has 0 atom stereocenters. The van der Waals surface area contributed by atoms with E-state index in [9.17, 15) is 0 Å². The van der Waals surface area contributed by atoms with Crippen LogP contribution in [0.25, 0.3) is 11.4 Å². The molecule has 1 fully saturated rings. The first-order chi connectivity index (χ1) is 8.84. The summed E-state index contributed by atoms with van der Waals surface area (Å²) in [5.41, 5.74) is 2.46. The van der Waals surface area contributed by atoms with Gasteiger partial charge in [-0.3, -0.25) is 5.10 Å². The third-order valence-electron chi connectivity index (χ3n) is 3.35. The highest BCUT2D eigenvalue weighted by Gasteiger charge is 2.20. The summed E-state index contributed by atoms with van der Waals surface area (Å²) in [4.78, 5) is 4.26. The summed E-state index contributed by atoms with van der Waals surface area (Å²) in [6.07, 6.45) is 3.69. The van der Waals surface area contributed by atoms with Gasteiger partial charge in [0.2, 0.25) is 0 Å². The van der Waals surface area contributed by atoms with Crippen LogP contribution in [0.4, 0.5) is 0 Å². The van der Waals surface area contributed by atoms with Gasteiger partial charge in [-0.05, 0) is 36.5 Å². The fourth-order valence-corrected chi connectivity index (χ4v) is 2.79. The lowest BCUT2D eigenvalue weighted by atomic mass is 9.88. The van der Waals surface area contributed by atoms with Crippen molar-refractivity contribution in [3.8, 4) is 11.4 Å². The van der Waals surface area contributed by atoms with E-state index in [4.69, 9.17) is 4.74 Å². The minimum absolute atomic E-state index is 0.548. The SMILES string of the molecule is Brc1ccc(C2CCOCC2)c(-c2ncn[nH]2)c1. The van der Waals surface area contributed by atoms with E-state index >= 15 is 0 Å². The molecule has 5 heteroatoms. The zero-order valence-corrected chi connectivity index (χ0v) is 11.5. The van der Waals surface area contributed by atoms with E-state index in [-0.39, 0.29) is 0 Å². The van der Waals surface area contributed by atoms with E-state index in [2.05, 4.69) is 49.3 Å². The number of ether oxygens (including phenoxy) is 1. The number of H-pyrrole nitrogens is 1. The molecule has 94 valence electrons. The predicted octanol–water partition coefficient (Wildman–Crippen LogP) is 3.13. The number of hydrogen-bond acceptors (Lipinski definition) is 3. The van der Waals surface area contributed by atoms with Crippen LogP contribution in [0.3, 0.4) is 0 Å². The Hall–Kier alpha value is -1.20. The van der Waals surface area contributed by atoms with Crippen LogP contribution in [0.5, 0.6) is 0 Å². The lowest BCUT2D eigenvalue weighted by Crippen LogP contribution is -2.14. The third kappa shape index (κ3) is 2.33. The van der Waals surface area contributed by atoms with Crippen LogP contribution in [0.1, 0.15) is 24.3 Å². The summed E-state index contributed by atoms with van der Waals surface area (Å²) in [6, 6.07) is 6.37. The maximum absolute atomic E-state index is 5.43. The molecule has 1 aliphatic heterocycles. The largest absolute Gasteiger partial charge is 0.381 e. The Morgan fingerprint density at radius 3 is 2.83 bits per heavy atom. The topological polar surface area (TPSA) is 50.8 Å². The summed E-state index contributed by atoms with van der Waals surface area (Å²) in [5.74, 6) is 1.38. The maximum Gasteiger partial charge on any atom is 0.155 e. The van der Waals surface area contributed by atoms with Gasteiger partial charge in [0.25, 0.3) is 0 Å². The molecule has 2 heterocycles. The first-order valence-electron chi connectivity index (χ1n) is 6.07. The number of rotatable bonds is 2. The third-order valence-corrected chi connectivity index (χ3v) is 3.84. The van der Waals surface area contributed by atoms with Gasteiger partial charge in [0, 0.05) is 23.2 Å². The highest BCUT2D eigenvalue weighted by atomic mass is 79.9. The molecule has 0 radical (unpaired) electrons. The summed E-state index contributed by atoms with van der Waals surface area (Å²) in [6.45, 7) is 1.69. The van der Waals surface area contributed by atoms with Gasteiger partial charge < -0.3 is 4.74 Å².